The van der Waals surface area contributed by atoms with Gasteiger partial charge in [0, 0.05) is 35.3 Å². The third-order valence-corrected chi connectivity index (χ3v) is 6.59. The largest absolute Gasteiger partial charge is 0.478 e. The van der Waals surface area contributed by atoms with Gasteiger partial charge in [-0.3, -0.25) is 0 Å². The Bertz CT molecular complexity index is 1330. The normalized spacial score (nSPS) is 12.5. The van der Waals surface area contributed by atoms with Crippen LogP contribution < -0.4 is 4.90 Å². The summed E-state index contributed by atoms with van der Waals surface area (Å²) >= 11 is 0. The van der Waals surface area contributed by atoms with Crippen LogP contribution in [-0.2, 0) is 12.8 Å². The van der Waals surface area contributed by atoms with E-state index in [1.54, 1.807) is 12.1 Å². The van der Waals surface area contributed by atoms with Gasteiger partial charge in [0.15, 0.2) is 5.82 Å². The molecule has 1 aromatic heterocycles. The minimum absolute atomic E-state index is 0.254. The Balaban J connectivity index is 1.58. The van der Waals surface area contributed by atoms with E-state index in [0.717, 1.165) is 65.0 Å². The summed E-state index contributed by atoms with van der Waals surface area (Å²) in [6.45, 7) is 6.11. The van der Waals surface area contributed by atoms with E-state index in [1.807, 2.05) is 42.5 Å². The van der Waals surface area contributed by atoms with E-state index in [9.17, 15) is 9.90 Å². The fraction of sp³-hybridized carbons (Fsp3) is 0.222. The van der Waals surface area contributed by atoms with E-state index in [-0.39, 0.29) is 11.4 Å². The van der Waals surface area contributed by atoms with Crippen molar-refractivity contribution in [2.24, 2.45) is 0 Å². The van der Waals surface area contributed by atoms with E-state index < -0.39 is 5.97 Å². The zero-order valence-electron chi connectivity index (χ0n) is 18.2. The lowest BCUT2D eigenvalue weighted by atomic mass is 9.88. The van der Waals surface area contributed by atoms with Gasteiger partial charge in [-0.25, -0.2) is 9.18 Å². The number of anilines is 1. The molecule has 3 aromatic carbocycles. The molecule has 0 saturated heterocycles. The summed E-state index contributed by atoms with van der Waals surface area (Å²) in [6, 6.07) is 17.1. The number of halogens is 1. The van der Waals surface area contributed by atoms with Crippen LogP contribution in [0.3, 0.4) is 0 Å². The second kappa shape index (κ2) is 7.83. The number of rotatable bonds is 5. The van der Waals surface area contributed by atoms with Crippen molar-refractivity contribution in [3.05, 3.63) is 77.1 Å². The van der Waals surface area contributed by atoms with Crippen molar-refractivity contribution in [2.45, 2.75) is 26.7 Å². The van der Waals surface area contributed by atoms with Gasteiger partial charge in [-0.15, -0.1) is 0 Å². The Hall–Kier alpha value is -3.60. The van der Waals surface area contributed by atoms with Crippen molar-refractivity contribution in [3.8, 4) is 22.4 Å². The fourth-order valence-electron chi connectivity index (χ4n) is 4.88. The molecule has 1 heterocycles. The minimum atomic E-state index is -0.932. The predicted octanol–water partition coefficient (Wildman–Crippen LogP) is 6.28. The maximum absolute atomic E-state index is 15.7. The molecule has 5 heteroatoms. The number of carboxylic acids is 1. The molecule has 162 valence electrons. The number of H-pyrrole nitrogens is 1. The van der Waals surface area contributed by atoms with Gasteiger partial charge in [0.05, 0.1) is 16.8 Å². The molecule has 5 rings (SSSR count). The summed E-state index contributed by atoms with van der Waals surface area (Å²) in [7, 11) is 0. The Morgan fingerprint density at radius 1 is 1.00 bits per heavy atom. The minimum Gasteiger partial charge on any atom is -0.478 e. The van der Waals surface area contributed by atoms with Crippen molar-refractivity contribution in [2.75, 3.05) is 18.0 Å². The highest BCUT2D eigenvalue weighted by molar-refractivity contribution is 5.96. The number of aromatic amines is 1. The van der Waals surface area contributed by atoms with E-state index in [4.69, 9.17) is 0 Å². The Labute approximate surface area is 186 Å². The predicted molar refractivity (Wildman–Crippen MR) is 127 cm³/mol. The van der Waals surface area contributed by atoms with Gasteiger partial charge < -0.3 is 15.0 Å². The van der Waals surface area contributed by atoms with Crippen LogP contribution in [0.15, 0.2) is 54.6 Å². The van der Waals surface area contributed by atoms with Gasteiger partial charge in [0.25, 0.3) is 0 Å². The molecule has 0 bridgehead atoms. The zero-order chi connectivity index (χ0) is 22.4. The molecule has 1 aliphatic rings. The Kier molecular flexibility index (Phi) is 4.97. The van der Waals surface area contributed by atoms with Crippen molar-refractivity contribution in [1.82, 2.24) is 4.98 Å². The molecule has 1 aliphatic carbocycles. The summed E-state index contributed by atoms with van der Waals surface area (Å²) in [5.41, 5.74) is 7.27. The Morgan fingerprint density at radius 2 is 1.72 bits per heavy atom. The van der Waals surface area contributed by atoms with Gasteiger partial charge in [-0.1, -0.05) is 30.3 Å². The van der Waals surface area contributed by atoms with E-state index in [1.165, 1.54) is 0 Å². The maximum atomic E-state index is 15.7. The molecular formula is C27H25FN2O2. The number of nitrogens with one attached hydrogen (secondary N) is 1. The number of hydrogen-bond acceptors (Lipinski definition) is 2. The number of nitrogens with zero attached hydrogens (tertiary/aromatic N) is 1. The van der Waals surface area contributed by atoms with Crippen molar-refractivity contribution in [1.29, 1.82) is 0 Å². The van der Waals surface area contributed by atoms with Crippen LogP contribution in [-0.4, -0.2) is 29.1 Å². The summed E-state index contributed by atoms with van der Waals surface area (Å²) in [5, 5.41) is 10.2. The monoisotopic (exact) mass is 428 g/mol. The number of carboxylic acid groups (broad SMARTS) is 1. The molecular weight excluding hydrogens is 403 g/mol. The first kappa shape index (κ1) is 20.3. The SMILES string of the molecule is CCN(CC)c1ccc(-c2ccc3c4c([nH]c3c2F)-c2ccc(C(=O)O)cc2CC4)cc1. The maximum Gasteiger partial charge on any atom is 0.335 e. The summed E-state index contributed by atoms with van der Waals surface area (Å²) < 4.78 is 15.7. The van der Waals surface area contributed by atoms with E-state index >= 15 is 4.39 Å². The molecule has 0 atom stereocenters. The third-order valence-electron chi connectivity index (χ3n) is 6.59. The lowest BCUT2D eigenvalue weighted by Crippen LogP contribution is -2.21. The van der Waals surface area contributed by atoms with Crippen LogP contribution in [0.5, 0.6) is 0 Å². The highest BCUT2D eigenvalue weighted by Crippen LogP contribution is 2.40. The van der Waals surface area contributed by atoms with Gasteiger partial charge in [0.2, 0.25) is 0 Å². The number of benzene rings is 3. The molecule has 0 unspecified atom stereocenters. The Morgan fingerprint density at radius 3 is 2.41 bits per heavy atom. The number of hydrogen-bond donors (Lipinski definition) is 2. The molecule has 0 amide bonds. The van der Waals surface area contributed by atoms with Crippen molar-refractivity contribution in [3.63, 3.8) is 0 Å². The van der Waals surface area contributed by atoms with Gasteiger partial charge in [0.1, 0.15) is 0 Å². The number of fused-ring (bicyclic) bond motifs is 5. The topological polar surface area (TPSA) is 56.3 Å². The van der Waals surface area contributed by atoms with Crippen molar-refractivity contribution >= 4 is 22.6 Å². The first-order valence-electron chi connectivity index (χ1n) is 11.1. The first-order chi connectivity index (χ1) is 15.5. The lowest BCUT2D eigenvalue weighted by Gasteiger charge is -2.21. The van der Waals surface area contributed by atoms with E-state index in [0.29, 0.717) is 11.1 Å². The summed E-state index contributed by atoms with van der Waals surface area (Å²) in [4.78, 5) is 16.9. The van der Waals surface area contributed by atoms with E-state index in [2.05, 4.69) is 23.7 Å². The number of aromatic carboxylic acids is 1. The van der Waals surface area contributed by atoms with Gasteiger partial charge >= 0.3 is 5.97 Å². The smallest absolute Gasteiger partial charge is 0.335 e. The molecule has 0 saturated carbocycles. The highest BCUT2D eigenvalue weighted by Gasteiger charge is 2.24. The summed E-state index contributed by atoms with van der Waals surface area (Å²) in [5.74, 6) is -1.19. The van der Waals surface area contributed by atoms with Crippen LogP contribution in [0.2, 0.25) is 0 Å². The van der Waals surface area contributed by atoms with Crippen LogP contribution in [0.4, 0.5) is 10.1 Å². The molecule has 0 spiro atoms. The molecule has 4 aromatic rings. The van der Waals surface area contributed by atoms with Crippen LogP contribution >= 0.6 is 0 Å². The van der Waals surface area contributed by atoms with Crippen molar-refractivity contribution < 1.29 is 14.3 Å². The van der Waals surface area contributed by atoms with Crippen LogP contribution in [0.1, 0.15) is 35.3 Å². The van der Waals surface area contributed by atoms with Crippen LogP contribution in [0.25, 0.3) is 33.3 Å². The van der Waals surface area contributed by atoms with Gasteiger partial charge in [-0.05, 0) is 67.6 Å². The number of aromatic nitrogens is 1. The highest BCUT2D eigenvalue weighted by atomic mass is 19.1. The molecule has 0 fully saturated rings. The second-order valence-electron chi connectivity index (χ2n) is 8.22. The second-order valence-corrected chi connectivity index (χ2v) is 8.22. The number of aryl methyl sites for hydroxylation is 2. The fourth-order valence-corrected chi connectivity index (χ4v) is 4.88. The molecule has 2 N–H and O–H groups in total. The average molecular weight is 429 g/mol. The zero-order valence-corrected chi connectivity index (χ0v) is 18.2. The molecule has 32 heavy (non-hydrogen) atoms. The number of carbonyl (C=O) groups is 1. The summed E-state index contributed by atoms with van der Waals surface area (Å²) in [6.07, 6.45) is 1.50. The standard InChI is InChI=1S/C27H25FN2O2/c1-3-30(4-2)19-9-5-16(6-10-19)20-13-14-23-22-12-7-17-15-18(27(31)32)8-11-21(17)25(22)29-26(23)24(20)28/h5-6,8-11,13-15,29H,3-4,7,12H2,1-2H3,(H,31,32). The molecule has 0 radical (unpaired) electrons. The van der Waals surface area contributed by atoms with Crippen LogP contribution in [0, 0.1) is 5.82 Å². The molecule has 0 aliphatic heterocycles. The first-order valence-corrected chi connectivity index (χ1v) is 11.1. The lowest BCUT2D eigenvalue weighted by molar-refractivity contribution is 0.0696. The third kappa shape index (κ3) is 3.16. The van der Waals surface area contributed by atoms with Gasteiger partial charge in [-0.2, -0.15) is 0 Å². The quantitative estimate of drug-likeness (QED) is 0.393. The average Bonchev–Trinajstić information content (AvgIpc) is 3.20. The molecule has 4 nitrogen and oxygen atoms in total.